The lowest BCUT2D eigenvalue weighted by Crippen LogP contribution is -2.34. The van der Waals surface area contributed by atoms with E-state index >= 15 is 0 Å². The monoisotopic (exact) mass is 289 g/mol. The summed E-state index contributed by atoms with van der Waals surface area (Å²) in [4.78, 5) is 7.18. The maximum absolute atomic E-state index is 5.96. The number of hydrogen-bond acceptors (Lipinski definition) is 4. The van der Waals surface area contributed by atoms with Crippen molar-refractivity contribution in [3.05, 3.63) is 22.9 Å². The highest BCUT2D eigenvalue weighted by atomic mass is 16.5. The van der Waals surface area contributed by atoms with Crippen molar-refractivity contribution in [2.24, 2.45) is 5.73 Å². The van der Waals surface area contributed by atoms with E-state index in [4.69, 9.17) is 15.5 Å². The number of nitrogens with zero attached hydrogens (tertiary/aromatic N) is 2. The second kappa shape index (κ2) is 6.75. The Morgan fingerprint density at radius 2 is 2.14 bits per heavy atom. The first-order valence-electron chi connectivity index (χ1n) is 8.32. The number of likely N-dealkylation sites (N-methyl/N-ethyl adjacent to an activating group) is 1. The molecule has 116 valence electrons. The fourth-order valence-electron chi connectivity index (χ4n) is 3.49. The Bertz CT molecular complexity index is 483. The van der Waals surface area contributed by atoms with Gasteiger partial charge in [0.15, 0.2) is 0 Å². The number of hydrogen-bond donors (Lipinski definition) is 1. The average Bonchev–Trinajstić information content (AvgIpc) is 2.54. The highest BCUT2D eigenvalue weighted by molar-refractivity contribution is 5.50. The van der Waals surface area contributed by atoms with Gasteiger partial charge in [-0.25, -0.2) is 4.98 Å². The molecule has 4 nitrogen and oxygen atoms in total. The summed E-state index contributed by atoms with van der Waals surface area (Å²) in [5.74, 6) is 1.06. The van der Waals surface area contributed by atoms with E-state index in [-0.39, 0.29) is 0 Å². The van der Waals surface area contributed by atoms with Gasteiger partial charge in [-0.1, -0.05) is 0 Å². The molecular weight excluding hydrogens is 262 g/mol. The van der Waals surface area contributed by atoms with Crippen LogP contribution in [0.2, 0.25) is 0 Å². The van der Waals surface area contributed by atoms with E-state index in [9.17, 15) is 0 Å². The summed E-state index contributed by atoms with van der Waals surface area (Å²) in [6.07, 6.45) is 8.79. The third-order valence-corrected chi connectivity index (χ3v) is 4.69. The Kier molecular flexibility index (Phi) is 4.76. The molecule has 1 fully saturated rings. The van der Waals surface area contributed by atoms with Gasteiger partial charge in [0.1, 0.15) is 5.82 Å². The molecule has 0 saturated carbocycles. The van der Waals surface area contributed by atoms with Crippen molar-refractivity contribution in [1.29, 1.82) is 0 Å². The van der Waals surface area contributed by atoms with Gasteiger partial charge < -0.3 is 15.4 Å². The maximum atomic E-state index is 5.96. The third kappa shape index (κ3) is 3.38. The van der Waals surface area contributed by atoms with Gasteiger partial charge in [-0.2, -0.15) is 0 Å². The van der Waals surface area contributed by atoms with Crippen molar-refractivity contribution in [2.45, 2.75) is 57.6 Å². The van der Waals surface area contributed by atoms with E-state index in [2.05, 4.69) is 18.0 Å². The minimum absolute atomic E-state index is 0.340. The molecule has 21 heavy (non-hydrogen) atoms. The largest absolute Gasteiger partial charge is 0.376 e. The van der Waals surface area contributed by atoms with Crippen molar-refractivity contribution >= 4 is 5.82 Å². The van der Waals surface area contributed by atoms with Crippen LogP contribution in [0.5, 0.6) is 0 Å². The summed E-state index contributed by atoms with van der Waals surface area (Å²) in [5, 5.41) is 0. The molecule has 2 N–H and O–H groups in total. The zero-order valence-corrected chi connectivity index (χ0v) is 13.1. The van der Waals surface area contributed by atoms with E-state index in [0.717, 1.165) is 38.2 Å². The molecule has 0 radical (unpaired) electrons. The van der Waals surface area contributed by atoms with E-state index in [1.165, 1.54) is 42.5 Å². The number of rotatable bonds is 4. The first-order valence-corrected chi connectivity index (χ1v) is 8.32. The Morgan fingerprint density at radius 1 is 1.29 bits per heavy atom. The molecule has 3 rings (SSSR count). The number of nitrogens with two attached hydrogens (primary N) is 1. The standard InChI is InChI=1S/C17H27N3O/c1-20(12-15-7-4-5-9-21-15)17-14(11-18)10-13-6-2-3-8-16(13)19-17/h10,15H,2-9,11-12,18H2,1H3. The highest BCUT2D eigenvalue weighted by Gasteiger charge is 2.20. The summed E-state index contributed by atoms with van der Waals surface area (Å²) < 4.78 is 5.86. The van der Waals surface area contributed by atoms with E-state index in [1.807, 2.05) is 0 Å². The van der Waals surface area contributed by atoms with Gasteiger partial charge in [-0.15, -0.1) is 0 Å². The molecule has 4 heteroatoms. The van der Waals surface area contributed by atoms with Crippen LogP contribution in [0.1, 0.15) is 48.9 Å². The zero-order valence-electron chi connectivity index (χ0n) is 13.1. The van der Waals surface area contributed by atoms with Crippen molar-refractivity contribution in [1.82, 2.24) is 4.98 Å². The molecule has 1 aromatic heterocycles. The lowest BCUT2D eigenvalue weighted by Gasteiger charge is -2.30. The fraction of sp³-hybridized carbons (Fsp3) is 0.706. The molecule has 2 heterocycles. The molecule has 1 saturated heterocycles. The van der Waals surface area contributed by atoms with Gasteiger partial charge >= 0.3 is 0 Å². The topological polar surface area (TPSA) is 51.4 Å². The molecule has 1 aliphatic carbocycles. The summed E-state index contributed by atoms with van der Waals surface area (Å²) in [7, 11) is 2.12. The maximum Gasteiger partial charge on any atom is 0.133 e. The first-order chi connectivity index (χ1) is 10.3. The normalized spacial score (nSPS) is 21.9. The van der Waals surface area contributed by atoms with Crippen LogP contribution in [0.3, 0.4) is 0 Å². The van der Waals surface area contributed by atoms with E-state index < -0.39 is 0 Å². The van der Waals surface area contributed by atoms with Crippen LogP contribution in [0, 0.1) is 0 Å². The summed E-state index contributed by atoms with van der Waals surface area (Å²) >= 11 is 0. The van der Waals surface area contributed by atoms with Crippen LogP contribution in [0.4, 0.5) is 5.82 Å². The van der Waals surface area contributed by atoms with E-state index in [0.29, 0.717) is 12.6 Å². The predicted molar refractivity (Wildman–Crippen MR) is 85.6 cm³/mol. The van der Waals surface area contributed by atoms with Crippen LogP contribution in [0.25, 0.3) is 0 Å². The molecule has 2 aliphatic rings. The Morgan fingerprint density at radius 3 is 2.90 bits per heavy atom. The number of aryl methyl sites for hydroxylation is 2. The van der Waals surface area contributed by atoms with Crippen molar-refractivity contribution in [3.8, 4) is 0 Å². The average molecular weight is 289 g/mol. The second-order valence-electron chi connectivity index (χ2n) is 6.36. The van der Waals surface area contributed by atoms with E-state index in [1.54, 1.807) is 0 Å². The quantitative estimate of drug-likeness (QED) is 0.925. The Hall–Kier alpha value is -1.13. The molecule has 0 spiro atoms. The molecule has 0 aromatic carbocycles. The number of aromatic nitrogens is 1. The van der Waals surface area contributed by atoms with Crippen LogP contribution < -0.4 is 10.6 Å². The molecule has 1 aliphatic heterocycles. The smallest absolute Gasteiger partial charge is 0.133 e. The van der Waals surface area contributed by atoms with Crippen molar-refractivity contribution < 1.29 is 4.74 Å². The number of pyridine rings is 1. The Balaban J connectivity index is 1.78. The third-order valence-electron chi connectivity index (χ3n) is 4.69. The molecule has 0 bridgehead atoms. The summed E-state index contributed by atoms with van der Waals surface area (Å²) in [6.45, 7) is 2.38. The van der Waals surface area contributed by atoms with Crippen LogP contribution >= 0.6 is 0 Å². The number of fused-ring (bicyclic) bond motifs is 1. The molecule has 1 unspecified atom stereocenters. The van der Waals surface area contributed by atoms with Gasteiger partial charge in [0, 0.05) is 38.0 Å². The van der Waals surface area contributed by atoms with Crippen molar-refractivity contribution in [2.75, 3.05) is 25.1 Å². The molecule has 0 amide bonds. The molecular formula is C17H27N3O. The Labute approximate surface area is 127 Å². The van der Waals surface area contributed by atoms with Crippen LogP contribution in [-0.2, 0) is 24.1 Å². The van der Waals surface area contributed by atoms with Gasteiger partial charge in [0.25, 0.3) is 0 Å². The first kappa shape index (κ1) is 14.8. The zero-order chi connectivity index (χ0) is 14.7. The summed E-state index contributed by atoms with van der Waals surface area (Å²) in [5.41, 5.74) is 9.82. The lowest BCUT2D eigenvalue weighted by molar-refractivity contribution is 0.0215. The summed E-state index contributed by atoms with van der Waals surface area (Å²) in [6, 6.07) is 2.29. The second-order valence-corrected chi connectivity index (χ2v) is 6.36. The van der Waals surface area contributed by atoms with Crippen molar-refractivity contribution in [3.63, 3.8) is 0 Å². The minimum Gasteiger partial charge on any atom is -0.376 e. The van der Waals surface area contributed by atoms with Gasteiger partial charge in [0.2, 0.25) is 0 Å². The van der Waals surface area contributed by atoms with Crippen LogP contribution in [-0.4, -0.2) is 31.3 Å². The highest BCUT2D eigenvalue weighted by Crippen LogP contribution is 2.27. The van der Waals surface area contributed by atoms with Gasteiger partial charge in [-0.05, 0) is 56.6 Å². The SMILES string of the molecule is CN(CC1CCCCO1)c1nc2c(cc1CN)CCCC2. The molecule has 1 aromatic rings. The molecule has 1 atom stereocenters. The fourth-order valence-corrected chi connectivity index (χ4v) is 3.49. The van der Waals surface area contributed by atoms with Gasteiger partial charge in [-0.3, -0.25) is 0 Å². The predicted octanol–water partition coefficient (Wildman–Crippen LogP) is 2.42. The lowest BCUT2D eigenvalue weighted by atomic mass is 9.94. The van der Waals surface area contributed by atoms with Crippen LogP contribution in [0.15, 0.2) is 6.07 Å². The van der Waals surface area contributed by atoms with Gasteiger partial charge in [0.05, 0.1) is 6.10 Å². The minimum atomic E-state index is 0.340. The number of anilines is 1. The number of ether oxygens (including phenoxy) is 1.